The number of rotatable bonds is 4. The zero-order chi connectivity index (χ0) is 19.2. The number of piperazine rings is 1. The first kappa shape index (κ1) is 18.9. The van der Waals surface area contributed by atoms with E-state index < -0.39 is 5.97 Å². The van der Waals surface area contributed by atoms with E-state index in [1.54, 1.807) is 29.2 Å². The van der Waals surface area contributed by atoms with Crippen LogP contribution in [0.4, 0.5) is 10.5 Å². The van der Waals surface area contributed by atoms with Crippen molar-refractivity contribution in [1.82, 2.24) is 9.80 Å². The normalized spacial score (nSPS) is 15.9. The third kappa shape index (κ3) is 4.46. The second-order valence-electron chi connectivity index (χ2n) is 6.58. The molecule has 1 atom stereocenters. The fourth-order valence-corrected chi connectivity index (χ4v) is 3.33. The Morgan fingerprint density at radius 2 is 1.59 bits per heavy atom. The maximum absolute atomic E-state index is 12.6. The number of nitrogens with one attached hydrogen (secondary N) is 1. The van der Waals surface area contributed by atoms with Gasteiger partial charge in [0, 0.05) is 32.2 Å². The van der Waals surface area contributed by atoms with Crippen molar-refractivity contribution in [2.24, 2.45) is 0 Å². The molecule has 0 spiro atoms. The van der Waals surface area contributed by atoms with Crippen LogP contribution < -0.4 is 5.32 Å². The molecule has 1 N–H and O–H groups in total. The highest BCUT2D eigenvalue weighted by Crippen LogP contribution is 2.22. The highest BCUT2D eigenvalue weighted by atomic mass is 16.5. The van der Waals surface area contributed by atoms with Crippen LogP contribution in [-0.4, -0.2) is 55.1 Å². The van der Waals surface area contributed by atoms with Crippen molar-refractivity contribution in [2.45, 2.75) is 13.0 Å². The number of methoxy groups -OCH3 is 1. The molecule has 0 aromatic heterocycles. The SMILES string of the molecule is COC(=O)c1ccccc1NC(=O)N1CCN(C(C)c2ccccc2)CC1. The second kappa shape index (κ2) is 8.68. The number of benzene rings is 2. The molecule has 1 aliphatic rings. The van der Waals surface area contributed by atoms with Gasteiger partial charge in [0.25, 0.3) is 0 Å². The molecule has 3 rings (SSSR count). The van der Waals surface area contributed by atoms with E-state index in [4.69, 9.17) is 4.74 Å². The van der Waals surface area contributed by atoms with E-state index in [1.807, 2.05) is 18.2 Å². The van der Waals surface area contributed by atoms with Gasteiger partial charge in [0.2, 0.25) is 0 Å². The lowest BCUT2D eigenvalue weighted by atomic mass is 10.1. The number of ether oxygens (including phenoxy) is 1. The number of hydrogen-bond acceptors (Lipinski definition) is 4. The number of esters is 1. The molecule has 2 amide bonds. The monoisotopic (exact) mass is 367 g/mol. The highest BCUT2D eigenvalue weighted by molar-refractivity contribution is 6.00. The van der Waals surface area contributed by atoms with Crippen molar-refractivity contribution in [2.75, 3.05) is 38.6 Å². The van der Waals surface area contributed by atoms with Crippen LogP contribution in [0.15, 0.2) is 54.6 Å². The fraction of sp³-hybridized carbons (Fsp3) is 0.333. The van der Waals surface area contributed by atoms with Gasteiger partial charge >= 0.3 is 12.0 Å². The van der Waals surface area contributed by atoms with Gasteiger partial charge in [-0.2, -0.15) is 0 Å². The average Bonchev–Trinajstić information content (AvgIpc) is 2.73. The molecule has 0 saturated carbocycles. The number of hydrogen-bond donors (Lipinski definition) is 1. The third-order valence-corrected chi connectivity index (χ3v) is 5.01. The molecule has 6 heteroatoms. The number of carbonyl (C=O) groups is 2. The molecule has 1 saturated heterocycles. The quantitative estimate of drug-likeness (QED) is 0.842. The Balaban J connectivity index is 1.59. The van der Waals surface area contributed by atoms with E-state index in [0.717, 1.165) is 13.1 Å². The van der Waals surface area contributed by atoms with E-state index in [-0.39, 0.29) is 6.03 Å². The predicted octanol–water partition coefficient (Wildman–Crippen LogP) is 3.38. The lowest BCUT2D eigenvalue weighted by Gasteiger charge is -2.38. The highest BCUT2D eigenvalue weighted by Gasteiger charge is 2.25. The molecular formula is C21H25N3O3. The number of carbonyl (C=O) groups excluding carboxylic acids is 2. The number of amides is 2. The number of para-hydroxylation sites is 1. The molecule has 1 fully saturated rings. The standard InChI is InChI=1S/C21H25N3O3/c1-16(17-8-4-3-5-9-17)23-12-14-24(15-13-23)21(26)22-19-11-7-6-10-18(19)20(25)27-2/h3-11,16H,12-15H2,1-2H3,(H,22,26). The van der Waals surface area contributed by atoms with Crippen molar-refractivity contribution in [3.63, 3.8) is 0 Å². The molecule has 1 heterocycles. The number of anilines is 1. The summed E-state index contributed by atoms with van der Waals surface area (Å²) in [6, 6.07) is 17.4. The summed E-state index contributed by atoms with van der Waals surface area (Å²) in [5, 5.41) is 2.84. The summed E-state index contributed by atoms with van der Waals surface area (Å²) in [4.78, 5) is 28.6. The van der Waals surface area contributed by atoms with Gasteiger partial charge in [-0.15, -0.1) is 0 Å². The maximum atomic E-state index is 12.6. The van der Waals surface area contributed by atoms with Crippen LogP contribution >= 0.6 is 0 Å². The van der Waals surface area contributed by atoms with E-state index in [2.05, 4.69) is 29.3 Å². The maximum Gasteiger partial charge on any atom is 0.339 e. The van der Waals surface area contributed by atoms with Crippen molar-refractivity contribution in [3.05, 3.63) is 65.7 Å². The molecular weight excluding hydrogens is 342 g/mol. The molecule has 142 valence electrons. The van der Waals surface area contributed by atoms with Gasteiger partial charge in [0.15, 0.2) is 0 Å². The summed E-state index contributed by atoms with van der Waals surface area (Å²) in [7, 11) is 1.33. The minimum absolute atomic E-state index is 0.196. The van der Waals surface area contributed by atoms with Gasteiger partial charge in [-0.25, -0.2) is 9.59 Å². The molecule has 0 aliphatic carbocycles. The van der Waals surface area contributed by atoms with Crippen LogP contribution in [0, 0.1) is 0 Å². The van der Waals surface area contributed by atoms with E-state index in [0.29, 0.717) is 30.4 Å². The van der Waals surface area contributed by atoms with E-state index in [9.17, 15) is 9.59 Å². The first-order valence-corrected chi connectivity index (χ1v) is 9.12. The Hall–Kier alpha value is -2.86. The first-order chi connectivity index (χ1) is 13.1. The van der Waals surface area contributed by atoms with Crippen molar-refractivity contribution in [3.8, 4) is 0 Å². The molecule has 6 nitrogen and oxygen atoms in total. The Bertz CT molecular complexity index is 786. The molecule has 2 aromatic rings. The predicted molar refractivity (Wildman–Crippen MR) is 105 cm³/mol. The van der Waals surface area contributed by atoms with Crippen LogP contribution in [0.5, 0.6) is 0 Å². The third-order valence-electron chi connectivity index (χ3n) is 5.01. The van der Waals surface area contributed by atoms with Gasteiger partial charge in [0.05, 0.1) is 18.4 Å². The smallest absolute Gasteiger partial charge is 0.339 e. The summed E-state index contributed by atoms with van der Waals surface area (Å²) in [6.07, 6.45) is 0. The molecule has 0 bridgehead atoms. The first-order valence-electron chi connectivity index (χ1n) is 9.12. The van der Waals surface area contributed by atoms with Crippen molar-refractivity contribution >= 4 is 17.7 Å². The van der Waals surface area contributed by atoms with Crippen molar-refractivity contribution < 1.29 is 14.3 Å². The van der Waals surface area contributed by atoms with Crippen molar-refractivity contribution in [1.29, 1.82) is 0 Å². The van der Waals surface area contributed by atoms with Gasteiger partial charge < -0.3 is 15.0 Å². The summed E-state index contributed by atoms with van der Waals surface area (Å²) in [5.41, 5.74) is 2.10. The minimum atomic E-state index is -0.465. The molecule has 27 heavy (non-hydrogen) atoms. The lowest BCUT2D eigenvalue weighted by molar-refractivity contribution is 0.0602. The summed E-state index contributed by atoms with van der Waals surface area (Å²) >= 11 is 0. The zero-order valence-corrected chi connectivity index (χ0v) is 15.7. The Labute approximate surface area is 159 Å². The summed E-state index contributed by atoms with van der Waals surface area (Å²) < 4.78 is 4.78. The average molecular weight is 367 g/mol. The van der Waals surface area contributed by atoms with Gasteiger partial charge in [-0.1, -0.05) is 42.5 Å². The van der Waals surface area contributed by atoms with Gasteiger partial charge in [-0.05, 0) is 24.6 Å². The second-order valence-corrected chi connectivity index (χ2v) is 6.58. The zero-order valence-electron chi connectivity index (χ0n) is 15.7. The number of nitrogens with zero attached hydrogens (tertiary/aromatic N) is 2. The van der Waals surface area contributed by atoms with Crippen LogP contribution in [0.25, 0.3) is 0 Å². The van der Waals surface area contributed by atoms with Crippen LogP contribution in [0.1, 0.15) is 28.9 Å². The fourth-order valence-electron chi connectivity index (χ4n) is 3.33. The Morgan fingerprint density at radius 3 is 2.26 bits per heavy atom. The van der Waals surface area contributed by atoms with Gasteiger partial charge in [0.1, 0.15) is 0 Å². The summed E-state index contributed by atoms with van der Waals surface area (Å²) in [5.74, 6) is -0.465. The van der Waals surface area contributed by atoms with Crippen LogP contribution in [0.2, 0.25) is 0 Å². The molecule has 2 aromatic carbocycles. The molecule has 1 unspecified atom stereocenters. The van der Waals surface area contributed by atoms with E-state index >= 15 is 0 Å². The van der Waals surface area contributed by atoms with E-state index in [1.165, 1.54) is 12.7 Å². The molecule has 1 aliphatic heterocycles. The molecule has 0 radical (unpaired) electrons. The largest absolute Gasteiger partial charge is 0.465 e. The Morgan fingerprint density at radius 1 is 0.963 bits per heavy atom. The lowest BCUT2D eigenvalue weighted by Crippen LogP contribution is -2.50. The minimum Gasteiger partial charge on any atom is -0.465 e. The number of urea groups is 1. The summed E-state index contributed by atoms with van der Waals surface area (Å²) in [6.45, 7) is 5.09. The van der Waals surface area contributed by atoms with Gasteiger partial charge in [-0.3, -0.25) is 4.90 Å². The Kier molecular flexibility index (Phi) is 6.08. The van der Waals surface area contributed by atoms with Crippen LogP contribution in [-0.2, 0) is 4.74 Å². The topological polar surface area (TPSA) is 61.9 Å². The van der Waals surface area contributed by atoms with Crippen LogP contribution in [0.3, 0.4) is 0 Å².